The molecule has 0 radical (unpaired) electrons. The third-order valence-electron chi connectivity index (χ3n) is 1.88. The van der Waals surface area contributed by atoms with E-state index in [0.29, 0.717) is 5.69 Å². The van der Waals surface area contributed by atoms with Crippen LogP contribution in [0.15, 0.2) is 19.7 Å². The molecule has 0 saturated carbocycles. The Bertz CT molecular complexity index is 562. The van der Waals surface area contributed by atoms with E-state index in [0.717, 1.165) is 18.0 Å². The first-order valence-corrected chi connectivity index (χ1v) is 7.28. The van der Waals surface area contributed by atoms with Crippen LogP contribution in [0.1, 0.15) is 9.67 Å². The number of hydrogen-bond acceptors (Lipinski definition) is 4. The van der Waals surface area contributed by atoms with Crippen molar-refractivity contribution in [3.8, 4) is 10.4 Å². The van der Waals surface area contributed by atoms with E-state index in [-0.39, 0.29) is 4.88 Å². The molecule has 0 saturated heterocycles. The van der Waals surface area contributed by atoms with Gasteiger partial charge in [-0.1, -0.05) is 0 Å². The highest BCUT2D eigenvalue weighted by Gasteiger charge is 2.16. The molecule has 0 aliphatic heterocycles. The van der Waals surface area contributed by atoms with E-state index >= 15 is 0 Å². The number of carboxylic acid groups (broad SMARTS) is 1. The van der Waals surface area contributed by atoms with E-state index in [4.69, 9.17) is 10.8 Å². The van der Waals surface area contributed by atoms with Crippen LogP contribution < -0.4 is 5.73 Å². The highest BCUT2D eigenvalue weighted by Crippen LogP contribution is 2.42. The molecule has 3 nitrogen and oxygen atoms in total. The predicted octanol–water partition coefficient (Wildman–Crippen LogP) is 4.28. The van der Waals surface area contributed by atoms with Crippen molar-refractivity contribution in [2.45, 2.75) is 0 Å². The minimum Gasteiger partial charge on any atom is -0.477 e. The lowest BCUT2D eigenvalue weighted by Crippen LogP contribution is -1.96. The molecule has 0 amide bonds. The molecule has 2 rings (SSSR count). The van der Waals surface area contributed by atoms with Gasteiger partial charge >= 0.3 is 5.97 Å². The third-order valence-corrected chi connectivity index (χ3v) is 5.39. The van der Waals surface area contributed by atoms with Crippen LogP contribution in [0.25, 0.3) is 10.4 Å². The summed E-state index contributed by atoms with van der Waals surface area (Å²) in [4.78, 5) is 11.9. The zero-order chi connectivity index (χ0) is 11.9. The summed E-state index contributed by atoms with van der Waals surface area (Å²) < 4.78 is 1.94. The topological polar surface area (TPSA) is 63.3 Å². The Hall–Kier alpha value is -0.370. The lowest BCUT2D eigenvalue weighted by molar-refractivity contribution is 0.0703. The summed E-state index contributed by atoms with van der Waals surface area (Å²) in [6.45, 7) is 0. The number of halogens is 2. The van der Waals surface area contributed by atoms with Gasteiger partial charge in [0.25, 0.3) is 0 Å². The summed E-state index contributed by atoms with van der Waals surface area (Å²) in [5, 5.41) is 8.91. The van der Waals surface area contributed by atoms with Crippen molar-refractivity contribution in [3.63, 3.8) is 0 Å². The maximum absolute atomic E-state index is 10.9. The Morgan fingerprint density at radius 3 is 2.44 bits per heavy atom. The van der Waals surface area contributed by atoms with Crippen LogP contribution in [0, 0.1) is 0 Å². The second-order valence-corrected chi connectivity index (χ2v) is 7.74. The number of carbonyl (C=O) groups is 1. The molecule has 0 bridgehead atoms. The molecule has 3 N–H and O–H groups in total. The molecule has 7 heteroatoms. The van der Waals surface area contributed by atoms with Gasteiger partial charge in [-0.3, -0.25) is 0 Å². The number of hydrogen-bond donors (Lipinski definition) is 2. The molecule has 2 heterocycles. The van der Waals surface area contributed by atoms with Crippen molar-refractivity contribution < 1.29 is 9.90 Å². The van der Waals surface area contributed by atoms with Crippen LogP contribution in [0.4, 0.5) is 5.69 Å². The monoisotopic (exact) mass is 381 g/mol. The SMILES string of the molecule is Nc1cc(-c2cc(Br)sc2Br)sc1C(=O)O. The van der Waals surface area contributed by atoms with E-state index in [9.17, 15) is 4.79 Å². The van der Waals surface area contributed by atoms with Crippen LogP contribution in [0.2, 0.25) is 0 Å². The fraction of sp³-hybridized carbons (Fsp3) is 0. The van der Waals surface area contributed by atoms with Gasteiger partial charge < -0.3 is 10.8 Å². The van der Waals surface area contributed by atoms with Gasteiger partial charge in [0.1, 0.15) is 4.88 Å². The average Bonchev–Trinajstić information content (AvgIpc) is 2.69. The van der Waals surface area contributed by atoms with Crippen molar-refractivity contribution in [1.29, 1.82) is 0 Å². The summed E-state index contributed by atoms with van der Waals surface area (Å²) >= 11 is 9.53. The van der Waals surface area contributed by atoms with Gasteiger partial charge in [0, 0.05) is 10.4 Å². The minimum absolute atomic E-state index is 0.184. The quantitative estimate of drug-likeness (QED) is 0.814. The van der Waals surface area contributed by atoms with Gasteiger partial charge in [-0.15, -0.1) is 22.7 Å². The van der Waals surface area contributed by atoms with Gasteiger partial charge in [0.05, 0.1) is 13.3 Å². The second kappa shape index (κ2) is 4.48. The van der Waals surface area contributed by atoms with E-state index in [1.165, 1.54) is 22.7 Å². The third kappa shape index (κ3) is 2.17. The number of nitrogens with two attached hydrogens (primary N) is 1. The fourth-order valence-electron chi connectivity index (χ4n) is 1.21. The van der Waals surface area contributed by atoms with Crippen molar-refractivity contribution >= 4 is 66.2 Å². The van der Waals surface area contributed by atoms with Gasteiger partial charge in [-0.2, -0.15) is 0 Å². The highest BCUT2D eigenvalue weighted by molar-refractivity contribution is 9.12. The number of aromatic carboxylic acids is 1. The molecule has 0 aliphatic carbocycles. The molecule has 0 spiro atoms. The molecule has 2 aromatic heterocycles. The Morgan fingerprint density at radius 1 is 1.31 bits per heavy atom. The lowest BCUT2D eigenvalue weighted by atomic mass is 10.2. The molecule has 0 aromatic carbocycles. The van der Waals surface area contributed by atoms with Gasteiger partial charge in [0.2, 0.25) is 0 Å². The molecule has 84 valence electrons. The molecule has 16 heavy (non-hydrogen) atoms. The number of rotatable bonds is 2. The highest BCUT2D eigenvalue weighted by atomic mass is 79.9. The molecule has 0 aliphatic rings. The molecular formula is C9H5Br2NO2S2. The summed E-state index contributed by atoms with van der Waals surface area (Å²) in [6, 6.07) is 3.62. The van der Waals surface area contributed by atoms with E-state index < -0.39 is 5.97 Å². The zero-order valence-electron chi connectivity index (χ0n) is 7.66. The van der Waals surface area contributed by atoms with Crippen LogP contribution in [-0.2, 0) is 0 Å². The Morgan fingerprint density at radius 2 is 2.00 bits per heavy atom. The molecule has 2 aromatic rings. The summed E-state index contributed by atoms with van der Waals surface area (Å²) in [7, 11) is 0. The predicted molar refractivity (Wildman–Crippen MR) is 74.4 cm³/mol. The first-order valence-electron chi connectivity index (χ1n) is 4.07. The molecule has 0 atom stereocenters. The van der Waals surface area contributed by atoms with Crippen molar-refractivity contribution in [2.75, 3.05) is 5.73 Å². The standard InChI is InChI=1S/C9H5Br2NO2S2/c10-6-1-3(8(11)16-6)5-2-4(12)7(15-5)9(13)14/h1-2H,12H2,(H,13,14). The van der Waals surface area contributed by atoms with Crippen LogP contribution >= 0.6 is 54.5 Å². The molecule has 0 unspecified atom stereocenters. The number of anilines is 1. The van der Waals surface area contributed by atoms with Gasteiger partial charge in [0.15, 0.2) is 0 Å². The summed E-state index contributed by atoms with van der Waals surface area (Å²) in [6.07, 6.45) is 0. The Labute approximate surface area is 116 Å². The average molecular weight is 383 g/mol. The maximum atomic E-state index is 10.9. The van der Waals surface area contributed by atoms with E-state index in [1.807, 2.05) is 6.07 Å². The first-order chi connectivity index (χ1) is 7.49. The summed E-state index contributed by atoms with van der Waals surface area (Å²) in [5.41, 5.74) is 6.91. The second-order valence-electron chi connectivity index (χ2n) is 2.94. The fourth-order valence-corrected chi connectivity index (χ4v) is 5.19. The lowest BCUT2D eigenvalue weighted by Gasteiger charge is -1.91. The maximum Gasteiger partial charge on any atom is 0.348 e. The smallest absolute Gasteiger partial charge is 0.348 e. The zero-order valence-corrected chi connectivity index (χ0v) is 12.5. The van der Waals surface area contributed by atoms with Crippen LogP contribution in [0.3, 0.4) is 0 Å². The Balaban J connectivity index is 2.53. The number of thiophene rings is 2. The van der Waals surface area contributed by atoms with Crippen LogP contribution in [-0.4, -0.2) is 11.1 Å². The van der Waals surface area contributed by atoms with Gasteiger partial charge in [-0.25, -0.2) is 4.79 Å². The number of carboxylic acids is 1. The summed E-state index contributed by atoms with van der Waals surface area (Å²) in [5.74, 6) is -0.987. The molecule has 0 fully saturated rings. The van der Waals surface area contributed by atoms with Crippen molar-refractivity contribution in [2.24, 2.45) is 0 Å². The Kier molecular flexibility index (Phi) is 3.39. The van der Waals surface area contributed by atoms with E-state index in [2.05, 4.69) is 31.9 Å². The number of nitrogen functional groups attached to an aromatic ring is 1. The normalized spacial score (nSPS) is 10.6. The van der Waals surface area contributed by atoms with Crippen molar-refractivity contribution in [1.82, 2.24) is 0 Å². The largest absolute Gasteiger partial charge is 0.477 e. The van der Waals surface area contributed by atoms with Gasteiger partial charge in [-0.05, 0) is 44.0 Å². The first kappa shape index (κ1) is 12.1. The van der Waals surface area contributed by atoms with Crippen LogP contribution in [0.5, 0.6) is 0 Å². The molecular weight excluding hydrogens is 378 g/mol. The van der Waals surface area contributed by atoms with Crippen molar-refractivity contribution in [3.05, 3.63) is 24.6 Å². The van der Waals surface area contributed by atoms with E-state index in [1.54, 1.807) is 6.07 Å². The minimum atomic E-state index is -0.987.